The number of hydrogen-bond donors (Lipinski definition) is 4. The summed E-state index contributed by atoms with van der Waals surface area (Å²) in [6.07, 6.45) is 0. The average Bonchev–Trinajstić information content (AvgIpc) is 3.59. The quantitative estimate of drug-likeness (QED) is 0.254. The number of hydrogen-bond acceptors (Lipinski definition) is 9. The van der Waals surface area contributed by atoms with E-state index in [1.807, 2.05) is 42.5 Å². The molecular weight excluding hydrogens is 508 g/mol. The van der Waals surface area contributed by atoms with Crippen molar-refractivity contribution < 1.29 is 14.0 Å². The number of allylic oxidation sites excluding steroid dienone is 1. The van der Waals surface area contributed by atoms with Crippen LogP contribution in [0, 0.1) is 0 Å². The number of nitrogens with one attached hydrogen (secondary N) is 4. The predicted octanol–water partition coefficient (Wildman–Crippen LogP) is 3.30. The molecule has 5 aromatic rings. The average molecular weight is 528 g/mol. The largest absolute Gasteiger partial charge is 0.423 e. The van der Waals surface area contributed by atoms with Gasteiger partial charge in [0.1, 0.15) is 16.8 Å². The Bertz CT molecular complexity index is 1660. The molecule has 0 saturated carbocycles. The monoisotopic (exact) mass is 527 g/mol. The van der Waals surface area contributed by atoms with E-state index in [1.54, 1.807) is 37.3 Å². The number of para-hydroxylation sites is 2. The zero-order chi connectivity index (χ0) is 26.1. The molecule has 0 radical (unpaired) electrons. The number of aromatic nitrogens is 6. The molecule has 0 spiro atoms. The lowest BCUT2D eigenvalue weighted by Gasteiger charge is -2.27. The van der Waals surface area contributed by atoms with E-state index in [9.17, 15) is 4.79 Å². The molecule has 4 N–H and O–H groups in total. The summed E-state index contributed by atoms with van der Waals surface area (Å²) in [6.45, 7) is 1.80. The zero-order valence-corrected chi connectivity index (χ0v) is 20.6. The molecule has 1 amide bonds. The molecule has 6 rings (SSSR count). The summed E-state index contributed by atoms with van der Waals surface area (Å²) in [4.78, 5) is 24.1. The summed E-state index contributed by atoms with van der Waals surface area (Å²) in [5, 5.41) is 23.4. The molecule has 0 fully saturated rings. The first-order valence-corrected chi connectivity index (χ1v) is 11.9. The maximum Gasteiger partial charge on any atom is 0.302 e. The van der Waals surface area contributed by atoms with E-state index in [1.165, 1.54) is 4.80 Å². The van der Waals surface area contributed by atoms with Crippen LogP contribution in [0.3, 0.4) is 0 Å². The van der Waals surface area contributed by atoms with Crippen LogP contribution >= 0.6 is 11.6 Å². The molecule has 188 valence electrons. The number of aliphatic imine (C=N–C) groups is 1. The predicted molar refractivity (Wildman–Crippen MR) is 139 cm³/mol. The fraction of sp³-hybridized carbons (Fsp3) is 0.0800. The van der Waals surface area contributed by atoms with Crippen molar-refractivity contribution in [2.24, 2.45) is 4.99 Å². The topological polar surface area (TPSA) is 150 Å². The second kappa shape index (κ2) is 9.75. The third-order valence-corrected chi connectivity index (χ3v) is 6.22. The van der Waals surface area contributed by atoms with Gasteiger partial charge in [-0.15, -0.1) is 0 Å². The van der Waals surface area contributed by atoms with Gasteiger partial charge in [-0.2, -0.15) is 4.98 Å². The van der Waals surface area contributed by atoms with Gasteiger partial charge in [0.15, 0.2) is 16.5 Å². The van der Waals surface area contributed by atoms with Gasteiger partial charge in [-0.05, 0) is 59.4 Å². The molecule has 12 nitrogen and oxygen atoms in total. The van der Waals surface area contributed by atoms with E-state index >= 15 is 0 Å². The number of nitrogens with zero attached hydrogens (tertiary/aromatic N) is 6. The molecule has 0 bridgehead atoms. The molecular formula is C25H20ClN10O2+. The van der Waals surface area contributed by atoms with Crippen LogP contribution in [0.5, 0.6) is 0 Å². The molecule has 1 aliphatic heterocycles. The second-order valence-corrected chi connectivity index (χ2v) is 8.76. The third kappa shape index (κ3) is 4.55. The number of carbonyl (C=O) groups is 1. The minimum absolute atomic E-state index is 0.274. The van der Waals surface area contributed by atoms with Crippen LogP contribution in [-0.4, -0.2) is 37.7 Å². The van der Waals surface area contributed by atoms with E-state index in [4.69, 9.17) is 21.0 Å². The van der Waals surface area contributed by atoms with Gasteiger partial charge in [0, 0.05) is 22.0 Å². The molecule has 1 aliphatic rings. The van der Waals surface area contributed by atoms with Crippen molar-refractivity contribution >= 4 is 46.3 Å². The lowest BCUT2D eigenvalue weighted by atomic mass is 9.95. The van der Waals surface area contributed by atoms with Gasteiger partial charge >= 0.3 is 6.01 Å². The van der Waals surface area contributed by atoms with Crippen molar-refractivity contribution in [1.82, 2.24) is 31.2 Å². The van der Waals surface area contributed by atoms with Crippen molar-refractivity contribution in [2.75, 3.05) is 10.6 Å². The number of carbonyl (C=O) groups excluding carboxylic acids is 1. The fourth-order valence-electron chi connectivity index (χ4n) is 4.11. The van der Waals surface area contributed by atoms with Crippen LogP contribution in [0.25, 0.3) is 16.8 Å². The molecule has 3 heterocycles. The standard InChI is InChI=1S/C25H19ClN10O2/c1-14-21(23(37)28-15-10-12-16(13-11-15)36-34-32-33-35-36)22(17-6-2-3-7-18(17)26)30-24(27-14)31-25-29-19-8-4-5-9-20(19)38-25/h2-13,22H,1H3,(H3,27,28,29,30,31,37)/p+1. The molecule has 2 aromatic heterocycles. The maximum absolute atomic E-state index is 13.6. The Morgan fingerprint density at radius 1 is 1.05 bits per heavy atom. The Kier molecular flexibility index (Phi) is 5.98. The van der Waals surface area contributed by atoms with Crippen LogP contribution in [0.1, 0.15) is 18.5 Å². The Balaban J connectivity index is 1.29. The minimum atomic E-state index is -0.689. The first kappa shape index (κ1) is 23.3. The van der Waals surface area contributed by atoms with Gasteiger partial charge in [0.25, 0.3) is 5.91 Å². The molecule has 0 saturated heterocycles. The molecule has 38 heavy (non-hydrogen) atoms. The van der Waals surface area contributed by atoms with Crippen molar-refractivity contribution in [3.8, 4) is 5.69 Å². The summed E-state index contributed by atoms with van der Waals surface area (Å²) < 4.78 is 5.78. The Labute approximate surface area is 220 Å². The number of rotatable bonds is 5. The van der Waals surface area contributed by atoms with E-state index in [0.29, 0.717) is 50.3 Å². The van der Waals surface area contributed by atoms with Crippen molar-refractivity contribution in [1.29, 1.82) is 0 Å². The first-order valence-electron chi connectivity index (χ1n) is 11.6. The lowest BCUT2D eigenvalue weighted by Crippen LogP contribution is -2.37. The van der Waals surface area contributed by atoms with Gasteiger partial charge in [-0.25, -0.2) is 4.99 Å². The third-order valence-electron chi connectivity index (χ3n) is 5.87. The van der Waals surface area contributed by atoms with Crippen LogP contribution in [0.15, 0.2) is 93.5 Å². The van der Waals surface area contributed by atoms with Crippen LogP contribution < -0.4 is 20.7 Å². The number of oxazole rings is 1. The highest BCUT2D eigenvalue weighted by atomic mass is 35.5. The summed E-state index contributed by atoms with van der Waals surface area (Å²) in [5.74, 6) is 0.0431. The SMILES string of the molecule is CC1=C(C(=O)Nc2ccc(-[n+]3nn[nH]n3)cc2)C(c2ccccc2Cl)N=C(Nc2nc3ccccc3o2)N1. The smallest absolute Gasteiger partial charge is 0.302 e. The van der Waals surface area contributed by atoms with Gasteiger partial charge in [0.05, 0.1) is 10.8 Å². The summed E-state index contributed by atoms with van der Waals surface area (Å²) in [6, 6.07) is 21.3. The zero-order valence-electron chi connectivity index (χ0n) is 19.9. The van der Waals surface area contributed by atoms with Gasteiger partial charge in [-0.3, -0.25) is 10.1 Å². The number of H-pyrrole nitrogens is 1. The second-order valence-electron chi connectivity index (χ2n) is 8.36. The van der Waals surface area contributed by atoms with Crippen LogP contribution in [-0.2, 0) is 4.79 Å². The van der Waals surface area contributed by atoms with Crippen molar-refractivity contribution in [2.45, 2.75) is 13.0 Å². The van der Waals surface area contributed by atoms with Crippen LogP contribution in [0.4, 0.5) is 11.7 Å². The van der Waals surface area contributed by atoms with E-state index in [2.05, 4.69) is 41.8 Å². The number of guanidine groups is 1. The molecule has 1 atom stereocenters. The first-order chi connectivity index (χ1) is 18.5. The maximum atomic E-state index is 13.6. The van der Waals surface area contributed by atoms with E-state index < -0.39 is 6.04 Å². The van der Waals surface area contributed by atoms with Gasteiger partial charge in [0.2, 0.25) is 5.96 Å². The van der Waals surface area contributed by atoms with Crippen LogP contribution in [0.2, 0.25) is 5.02 Å². The number of aromatic amines is 1. The van der Waals surface area contributed by atoms with E-state index in [-0.39, 0.29) is 11.9 Å². The highest BCUT2D eigenvalue weighted by Gasteiger charge is 2.31. The Morgan fingerprint density at radius 2 is 1.84 bits per heavy atom. The van der Waals surface area contributed by atoms with Gasteiger partial charge in [-0.1, -0.05) is 41.9 Å². The summed E-state index contributed by atoms with van der Waals surface area (Å²) in [7, 11) is 0. The van der Waals surface area contributed by atoms with Crippen molar-refractivity contribution in [3.05, 3.63) is 94.7 Å². The number of fused-ring (bicyclic) bond motifs is 1. The minimum Gasteiger partial charge on any atom is -0.423 e. The van der Waals surface area contributed by atoms with E-state index in [0.717, 1.165) is 0 Å². The van der Waals surface area contributed by atoms with Crippen molar-refractivity contribution in [3.63, 3.8) is 0 Å². The number of amides is 1. The number of benzene rings is 3. The summed E-state index contributed by atoms with van der Waals surface area (Å²) >= 11 is 6.55. The lowest BCUT2D eigenvalue weighted by molar-refractivity contribution is -0.719. The Morgan fingerprint density at radius 3 is 2.61 bits per heavy atom. The number of anilines is 2. The molecule has 13 heteroatoms. The Hall–Kier alpha value is -5.10. The highest BCUT2D eigenvalue weighted by molar-refractivity contribution is 6.31. The molecule has 0 aliphatic carbocycles. The summed E-state index contributed by atoms with van der Waals surface area (Å²) in [5.41, 5.74) is 4.31. The molecule has 1 unspecified atom stereocenters. The number of halogens is 1. The van der Waals surface area contributed by atoms with Gasteiger partial charge < -0.3 is 15.1 Å². The highest BCUT2D eigenvalue weighted by Crippen LogP contribution is 2.35. The fourth-order valence-corrected chi connectivity index (χ4v) is 4.35. The normalized spacial score (nSPS) is 15.2. The molecule has 3 aromatic carbocycles.